The molecule has 8 nitrogen and oxygen atoms in total. The summed E-state index contributed by atoms with van der Waals surface area (Å²) in [6.45, 7) is 0.171. The maximum atomic E-state index is 11.9. The Kier molecular flexibility index (Phi) is 3.97. The minimum atomic E-state index is -0.772. The molecule has 0 bridgehead atoms. The lowest BCUT2D eigenvalue weighted by atomic mass is 10.1. The predicted octanol–water partition coefficient (Wildman–Crippen LogP) is 1.08. The smallest absolute Gasteiger partial charge is 0.305 e. The average molecular weight is 292 g/mol. The van der Waals surface area contributed by atoms with Crippen molar-refractivity contribution in [1.82, 2.24) is 0 Å². The second-order valence-corrected chi connectivity index (χ2v) is 4.42. The van der Waals surface area contributed by atoms with Crippen LogP contribution in [0.4, 0.5) is 11.4 Å². The van der Waals surface area contributed by atoms with Crippen LogP contribution in [0.25, 0.3) is 0 Å². The minimum Gasteiger partial charge on any atom is -0.469 e. The molecule has 0 aliphatic carbocycles. The summed E-state index contributed by atoms with van der Waals surface area (Å²) in [7, 11) is 1.27. The molecule has 21 heavy (non-hydrogen) atoms. The van der Waals surface area contributed by atoms with Crippen molar-refractivity contribution in [2.75, 3.05) is 18.6 Å². The first kappa shape index (κ1) is 14.6. The van der Waals surface area contributed by atoms with Crippen LogP contribution < -0.4 is 4.90 Å². The van der Waals surface area contributed by atoms with E-state index in [0.717, 1.165) is 6.07 Å². The molecule has 0 N–H and O–H groups in total. The van der Waals surface area contributed by atoms with Crippen molar-refractivity contribution in [2.24, 2.45) is 0 Å². The van der Waals surface area contributed by atoms with E-state index in [0.29, 0.717) is 12.1 Å². The van der Waals surface area contributed by atoms with Gasteiger partial charge in [-0.25, -0.2) is 0 Å². The van der Waals surface area contributed by atoms with Gasteiger partial charge in [-0.15, -0.1) is 0 Å². The van der Waals surface area contributed by atoms with E-state index in [2.05, 4.69) is 4.74 Å². The van der Waals surface area contributed by atoms with Crippen LogP contribution >= 0.6 is 0 Å². The van der Waals surface area contributed by atoms with Crippen LogP contribution in [0.15, 0.2) is 18.2 Å². The number of carbonyl (C=O) groups is 3. The number of Topliss-reactive ketones (excluding diaryl/α,β-unsaturated/α-hetero) is 1. The summed E-state index contributed by atoms with van der Waals surface area (Å²) in [6.07, 6.45) is 0.457. The molecule has 1 aliphatic heterocycles. The summed E-state index contributed by atoms with van der Waals surface area (Å²) in [6, 6.07) is 3.70. The van der Waals surface area contributed by atoms with Gasteiger partial charge in [0, 0.05) is 25.1 Å². The van der Waals surface area contributed by atoms with Crippen molar-refractivity contribution < 1.29 is 24.0 Å². The topological polar surface area (TPSA) is 107 Å². The second kappa shape index (κ2) is 5.70. The molecule has 0 saturated heterocycles. The van der Waals surface area contributed by atoms with Gasteiger partial charge in [-0.05, 0) is 12.5 Å². The lowest BCUT2D eigenvalue weighted by molar-refractivity contribution is -0.384. The molecule has 8 heteroatoms. The zero-order valence-corrected chi connectivity index (χ0v) is 11.2. The summed E-state index contributed by atoms with van der Waals surface area (Å²) >= 11 is 0. The zero-order valence-electron chi connectivity index (χ0n) is 11.2. The Morgan fingerprint density at radius 2 is 2.10 bits per heavy atom. The van der Waals surface area contributed by atoms with E-state index in [1.54, 1.807) is 0 Å². The van der Waals surface area contributed by atoms with E-state index in [1.165, 1.54) is 24.1 Å². The maximum Gasteiger partial charge on any atom is 0.305 e. The molecule has 0 unspecified atom stereocenters. The highest BCUT2D eigenvalue weighted by atomic mass is 16.6. The third-order valence-electron chi connectivity index (χ3n) is 3.16. The Morgan fingerprint density at radius 1 is 1.38 bits per heavy atom. The summed E-state index contributed by atoms with van der Waals surface area (Å²) in [5, 5.41) is 10.7. The second-order valence-electron chi connectivity index (χ2n) is 4.42. The molecule has 0 saturated carbocycles. The molecule has 1 aromatic carbocycles. The molecule has 1 aromatic rings. The van der Waals surface area contributed by atoms with Crippen molar-refractivity contribution >= 4 is 29.0 Å². The largest absolute Gasteiger partial charge is 0.469 e. The number of hydrogen-bond acceptors (Lipinski definition) is 6. The van der Waals surface area contributed by atoms with Crippen LogP contribution in [0.5, 0.6) is 0 Å². The number of hydrogen-bond donors (Lipinski definition) is 0. The van der Waals surface area contributed by atoms with Crippen LogP contribution in [0, 0.1) is 10.1 Å². The van der Waals surface area contributed by atoms with Crippen LogP contribution in [0.1, 0.15) is 23.2 Å². The van der Waals surface area contributed by atoms with E-state index >= 15 is 0 Å². The maximum absolute atomic E-state index is 11.9. The average Bonchev–Trinajstić information content (AvgIpc) is 2.71. The highest BCUT2D eigenvalue weighted by molar-refractivity contribution is 6.52. The lowest BCUT2D eigenvalue weighted by Gasteiger charge is -2.15. The standard InChI is InChI=1S/C13H12N2O6/c1-21-11(16)3-2-6-14-10-5-4-8(15(19)20)7-9(10)12(17)13(14)18/h4-5,7H,2-3,6H2,1H3. The van der Waals surface area contributed by atoms with Gasteiger partial charge in [0.2, 0.25) is 0 Å². The number of fused-ring (bicyclic) bond motifs is 1. The Balaban J connectivity index is 2.19. The number of nitrogens with zero attached hydrogens (tertiary/aromatic N) is 2. The first-order valence-corrected chi connectivity index (χ1v) is 6.17. The number of methoxy groups -OCH3 is 1. The molecule has 0 radical (unpaired) electrons. The number of anilines is 1. The number of nitro benzene ring substituents is 1. The van der Waals surface area contributed by atoms with Gasteiger partial charge >= 0.3 is 5.97 Å². The number of amides is 1. The highest BCUT2D eigenvalue weighted by Crippen LogP contribution is 2.32. The third-order valence-corrected chi connectivity index (χ3v) is 3.16. The van der Waals surface area contributed by atoms with Gasteiger partial charge in [-0.3, -0.25) is 24.5 Å². The van der Waals surface area contributed by atoms with E-state index < -0.39 is 22.6 Å². The predicted molar refractivity (Wildman–Crippen MR) is 71.0 cm³/mol. The molecule has 2 rings (SSSR count). The first-order valence-electron chi connectivity index (χ1n) is 6.17. The van der Waals surface area contributed by atoms with Gasteiger partial charge < -0.3 is 9.64 Å². The van der Waals surface area contributed by atoms with E-state index in [1.807, 2.05) is 0 Å². The Morgan fingerprint density at radius 3 is 2.71 bits per heavy atom. The quantitative estimate of drug-likeness (QED) is 0.348. The van der Waals surface area contributed by atoms with Crippen molar-refractivity contribution in [3.05, 3.63) is 33.9 Å². The molecule has 110 valence electrons. The highest BCUT2D eigenvalue weighted by Gasteiger charge is 2.36. The normalized spacial score (nSPS) is 13.3. The molecule has 0 fully saturated rings. The summed E-state index contributed by atoms with van der Waals surface area (Å²) in [5.41, 5.74) is 0.110. The van der Waals surface area contributed by atoms with Gasteiger partial charge in [0.1, 0.15) is 0 Å². The fraction of sp³-hybridized carbons (Fsp3) is 0.308. The molecule has 0 atom stereocenters. The summed E-state index contributed by atoms with van der Waals surface area (Å²) < 4.78 is 4.49. The monoisotopic (exact) mass is 292 g/mol. The number of ether oxygens (including phenoxy) is 1. The van der Waals surface area contributed by atoms with Crippen LogP contribution in [0.3, 0.4) is 0 Å². The van der Waals surface area contributed by atoms with E-state index in [9.17, 15) is 24.5 Å². The van der Waals surface area contributed by atoms with E-state index in [4.69, 9.17) is 0 Å². The molecule has 0 aromatic heterocycles. The van der Waals surface area contributed by atoms with Crippen molar-refractivity contribution in [3.63, 3.8) is 0 Å². The Labute approximate surface area is 119 Å². The minimum absolute atomic E-state index is 0.0206. The van der Waals surface area contributed by atoms with Crippen LogP contribution in [0.2, 0.25) is 0 Å². The number of benzene rings is 1. The first-order chi connectivity index (χ1) is 9.95. The number of carbonyl (C=O) groups excluding carboxylic acids is 3. The number of nitro groups is 1. The van der Waals surface area contributed by atoms with Crippen molar-refractivity contribution in [1.29, 1.82) is 0 Å². The van der Waals surface area contributed by atoms with Gasteiger partial charge in [0.25, 0.3) is 17.4 Å². The zero-order chi connectivity index (χ0) is 15.6. The van der Waals surface area contributed by atoms with E-state index in [-0.39, 0.29) is 24.2 Å². The molecule has 1 aliphatic rings. The van der Waals surface area contributed by atoms with Crippen molar-refractivity contribution in [3.8, 4) is 0 Å². The molecule has 1 amide bonds. The van der Waals surface area contributed by atoms with Gasteiger partial charge in [-0.1, -0.05) is 0 Å². The third kappa shape index (κ3) is 2.73. The SMILES string of the molecule is COC(=O)CCCN1C(=O)C(=O)c2cc([N+](=O)[O-])ccc21. The summed E-state index contributed by atoms with van der Waals surface area (Å²) in [5.74, 6) is -1.92. The van der Waals surface area contributed by atoms with Gasteiger partial charge in [-0.2, -0.15) is 0 Å². The fourth-order valence-corrected chi connectivity index (χ4v) is 2.11. The van der Waals surface area contributed by atoms with Crippen LogP contribution in [-0.2, 0) is 14.3 Å². The van der Waals surface area contributed by atoms with Crippen molar-refractivity contribution in [2.45, 2.75) is 12.8 Å². The van der Waals surface area contributed by atoms with Gasteiger partial charge in [0.15, 0.2) is 0 Å². The molecular weight excluding hydrogens is 280 g/mol. The Bertz CT molecular complexity index is 640. The van der Waals surface area contributed by atoms with Crippen LogP contribution in [-0.4, -0.2) is 36.2 Å². The summed E-state index contributed by atoms with van der Waals surface area (Å²) in [4.78, 5) is 46.0. The molecule has 1 heterocycles. The number of non-ortho nitro benzene ring substituents is 1. The number of rotatable bonds is 5. The lowest BCUT2D eigenvalue weighted by Crippen LogP contribution is -2.31. The Hall–Kier alpha value is -2.77. The fourth-order valence-electron chi connectivity index (χ4n) is 2.11. The molecule has 0 spiro atoms. The number of ketones is 1. The molecular formula is C13H12N2O6. The number of esters is 1. The van der Waals surface area contributed by atoms with Gasteiger partial charge in [0.05, 0.1) is 23.3 Å².